The van der Waals surface area contributed by atoms with Gasteiger partial charge >= 0.3 is 0 Å². The molecule has 6 aromatic rings. The monoisotopic (exact) mass is 487 g/mol. The van der Waals surface area contributed by atoms with Gasteiger partial charge in [0.1, 0.15) is 0 Å². The van der Waals surface area contributed by atoms with Crippen LogP contribution in [0, 0.1) is 0 Å². The smallest absolute Gasteiger partial charge is 0.159 e. The average Bonchev–Trinajstić information content (AvgIpc) is 3.30. The normalized spacial score (nSPS) is 12.9. The summed E-state index contributed by atoms with van der Waals surface area (Å²) in [6, 6.07) is 47.4. The molecule has 38 heavy (non-hydrogen) atoms. The quantitative estimate of drug-likeness (QED) is 0.266. The van der Waals surface area contributed by atoms with Crippen LogP contribution in [0.4, 0.5) is 11.4 Å². The fraction of sp³-hybridized carbons (Fsp3) is 0.0286. The molecule has 180 valence electrons. The van der Waals surface area contributed by atoms with Crippen molar-refractivity contribution >= 4 is 11.4 Å². The molecule has 0 bridgehead atoms. The van der Waals surface area contributed by atoms with Crippen molar-refractivity contribution in [3.8, 4) is 22.5 Å². The Labute approximate surface area is 222 Å². The van der Waals surface area contributed by atoms with E-state index in [0.29, 0.717) is 5.82 Å². The molecule has 0 saturated carbocycles. The van der Waals surface area contributed by atoms with Gasteiger partial charge in [-0.05, 0) is 63.7 Å². The second-order valence-electron chi connectivity index (χ2n) is 9.57. The molecule has 3 heteroatoms. The lowest BCUT2D eigenvalue weighted by atomic mass is 9.67. The molecule has 1 heterocycles. The molecule has 5 aromatic carbocycles. The minimum absolute atomic E-state index is 0.411. The second-order valence-corrected chi connectivity index (χ2v) is 9.57. The summed E-state index contributed by atoms with van der Waals surface area (Å²) >= 11 is 0. The largest absolute Gasteiger partial charge is 0.355 e. The van der Waals surface area contributed by atoms with Gasteiger partial charge in [-0.2, -0.15) is 0 Å². The lowest BCUT2D eigenvalue weighted by molar-refractivity contribution is 0.769. The lowest BCUT2D eigenvalue weighted by Crippen LogP contribution is -2.28. The van der Waals surface area contributed by atoms with Crippen molar-refractivity contribution in [2.45, 2.75) is 5.41 Å². The highest BCUT2D eigenvalue weighted by Gasteiger charge is 2.45. The van der Waals surface area contributed by atoms with Crippen LogP contribution in [-0.4, -0.2) is 9.97 Å². The molecule has 3 nitrogen and oxygen atoms in total. The van der Waals surface area contributed by atoms with Crippen LogP contribution in [0.15, 0.2) is 146 Å². The number of hydrogen-bond acceptors (Lipinski definition) is 3. The summed E-state index contributed by atoms with van der Waals surface area (Å²) in [4.78, 5) is 8.82. The molecule has 0 unspecified atom stereocenters. The molecule has 0 aliphatic heterocycles. The molecule has 0 fully saturated rings. The molecule has 7 rings (SSSR count). The Balaban J connectivity index is 1.38. The molecule has 0 saturated heterocycles. The summed E-state index contributed by atoms with van der Waals surface area (Å²) in [6.45, 7) is 0. The highest BCUT2D eigenvalue weighted by molar-refractivity contribution is 5.86. The lowest BCUT2D eigenvalue weighted by Gasteiger charge is -2.34. The molecular formula is C35H25N3. The molecule has 0 atom stereocenters. The highest BCUT2D eigenvalue weighted by atomic mass is 14.9. The summed E-state index contributed by atoms with van der Waals surface area (Å²) in [7, 11) is 0. The van der Waals surface area contributed by atoms with Crippen LogP contribution in [0.25, 0.3) is 22.5 Å². The van der Waals surface area contributed by atoms with Crippen molar-refractivity contribution in [3.05, 3.63) is 168 Å². The maximum absolute atomic E-state index is 4.41. The van der Waals surface area contributed by atoms with Crippen molar-refractivity contribution in [2.24, 2.45) is 0 Å². The van der Waals surface area contributed by atoms with E-state index in [2.05, 4.69) is 131 Å². The summed E-state index contributed by atoms with van der Waals surface area (Å²) in [5.74, 6) is 0.715. The SMILES string of the molecule is c1ccc(C2(c3cccc(Nc4cccc(-c5ncccn5)c4)c3)c3ccccc3-c3ccccc32)cc1. The zero-order valence-corrected chi connectivity index (χ0v) is 20.8. The number of benzene rings is 5. The topological polar surface area (TPSA) is 37.8 Å². The first-order valence-corrected chi connectivity index (χ1v) is 12.8. The Kier molecular flexibility index (Phi) is 5.33. The molecular weight excluding hydrogens is 462 g/mol. The van der Waals surface area contributed by atoms with Crippen molar-refractivity contribution < 1.29 is 0 Å². The molecule has 1 aliphatic carbocycles. The zero-order chi connectivity index (χ0) is 25.4. The van der Waals surface area contributed by atoms with E-state index >= 15 is 0 Å². The van der Waals surface area contributed by atoms with Gasteiger partial charge in [0, 0.05) is 29.3 Å². The summed E-state index contributed by atoms with van der Waals surface area (Å²) in [5, 5.41) is 3.64. The van der Waals surface area contributed by atoms with Crippen LogP contribution in [0.1, 0.15) is 22.3 Å². The Morgan fingerprint density at radius 1 is 0.474 bits per heavy atom. The number of aromatic nitrogens is 2. The number of rotatable bonds is 5. The standard InChI is InChI=1S/C35H25N3/c1-2-12-26(13-3-1)35(32-19-6-4-17-30(32)31-18-5-7-20-33(31)35)27-14-9-16-29(24-27)38-28-15-8-11-25(23-28)34-36-21-10-22-37-34/h1-24,38H. The van der Waals surface area contributed by atoms with Crippen molar-refractivity contribution in [1.29, 1.82) is 0 Å². The van der Waals surface area contributed by atoms with Crippen LogP contribution in [-0.2, 0) is 5.41 Å². The summed E-state index contributed by atoms with van der Waals surface area (Å²) in [5.41, 5.74) is 10.3. The first-order chi connectivity index (χ1) is 18.8. The fourth-order valence-corrected chi connectivity index (χ4v) is 5.89. The molecule has 1 aromatic heterocycles. The Morgan fingerprint density at radius 3 is 1.76 bits per heavy atom. The van der Waals surface area contributed by atoms with E-state index in [9.17, 15) is 0 Å². The van der Waals surface area contributed by atoms with E-state index < -0.39 is 5.41 Å². The van der Waals surface area contributed by atoms with Crippen LogP contribution in [0.5, 0.6) is 0 Å². The first-order valence-electron chi connectivity index (χ1n) is 12.8. The zero-order valence-electron chi connectivity index (χ0n) is 20.8. The second kappa shape index (κ2) is 9.13. The van der Waals surface area contributed by atoms with E-state index in [1.807, 2.05) is 18.2 Å². The third-order valence-electron chi connectivity index (χ3n) is 7.43. The number of fused-ring (bicyclic) bond motifs is 3. The predicted molar refractivity (Wildman–Crippen MR) is 154 cm³/mol. The summed E-state index contributed by atoms with van der Waals surface area (Å²) < 4.78 is 0. The predicted octanol–water partition coefficient (Wildman–Crippen LogP) is 8.25. The first kappa shape index (κ1) is 22.2. The van der Waals surface area contributed by atoms with Gasteiger partial charge in [-0.1, -0.05) is 103 Å². The van der Waals surface area contributed by atoms with Gasteiger partial charge in [0.25, 0.3) is 0 Å². The van der Waals surface area contributed by atoms with Crippen LogP contribution in [0.2, 0.25) is 0 Å². The van der Waals surface area contributed by atoms with E-state index in [-0.39, 0.29) is 0 Å². The van der Waals surface area contributed by atoms with Crippen LogP contribution < -0.4 is 5.32 Å². The van der Waals surface area contributed by atoms with Gasteiger partial charge in [0.2, 0.25) is 0 Å². The number of anilines is 2. The minimum Gasteiger partial charge on any atom is -0.355 e. The number of hydrogen-bond donors (Lipinski definition) is 1. The summed E-state index contributed by atoms with van der Waals surface area (Å²) in [6.07, 6.45) is 3.54. The van der Waals surface area contributed by atoms with E-state index in [4.69, 9.17) is 0 Å². The molecule has 0 amide bonds. The average molecular weight is 488 g/mol. The Bertz CT molecular complexity index is 1700. The number of nitrogens with one attached hydrogen (secondary N) is 1. The van der Waals surface area contributed by atoms with Crippen LogP contribution in [0.3, 0.4) is 0 Å². The van der Waals surface area contributed by atoms with Crippen molar-refractivity contribution in [2.75, 3.05) is 5.32 Å². The minimum atomic E-state index is -0.411. The third kappa shape index (κ3) is 3.52. The molecule has 0 radical (unpaired) electrons. The van der Waals surface area contributed by atoms with Gasteiger partial charge in [-0.3, -0.25) is 0 Å². The van der Waals surface area contributed by atoms with E-state index in [1.165, 1.54) is 33.4 Å². The van der Waals surface area contributed by atoms with Gasteiger partial charge < -0.3 is 5.32 Å². The van der Waals surface area contributed by atoms with Gasteiger partial charge in [0.05, 0.1) is 5.41 Å². The molecule has 1 N–H and O–H groups in total. The van der Waals surface area contributed by atoms with E-state index in [0.717, 1.165) is 16.9 Å². The van der Waals surface area contributed by atoms with Gasteiger partial charge in [-0.15, -0.1) is 0 Å². The van der Waals surface area contributed by atoms with Crippen molar-refractivity contribution in [3.63, 3.8) is 0 Å². The van der Waals surface area contributed by atoms with Gasteiger partial charge in [0.15, 0.2) is 5.82 Å². The molecule has 0 spiro atoms. The van der Waals surface area contributed by atoms with E-state index in [1.54, 1.807) is 12.4 Å². The fourth-order valence-electron chi connectivity index (χ4n) is 5.89. The maximum atomic E-state index is 4.41. The Hall–Kier alpha value is -5.02. The highest BCUT2D eigenvalue weighted by Crippen LogP contribution is 2.56. The van der Waals surface area contributed by atoms with Crippen molar-refractivity contribution in [1.82, 2.24) is 9.97 Å². The third-order valence-corrected chi connectivity index (χ3v) is 7.43. The maximum Gasteiger partial charge on any atom is 0.159 e. The molecule has 1 aliphatic rings. The van der Waals surface area contributed by atoms with Gasteiger partial charge in [-0.25, -0.2) is 9.97 Å². The van der Waals surface area contributed by atoms with Crippen LogP contribution >= 0.6 is 0 Å². The Morgan fingerprint density at radius 2 is 1.05 bits per heavy atom. The number of nitrogens with zero attached hydrogens (tertiary/aromatic N) is 2.